The molecular formula is C16H26N2O. The zero-order valence-electron chi connectivity index (χ0n) is 12.5. The molecule has 19 heavy (non-hydrogen) atoms. The summed E-state index contributed by atoms with van der Waals surface area (Å²) >= 11 is 0. The fraction of sp³-hybridized carbons (Fsp3) is 0.688. The van der Waals surface area contributed by atoms with Gasteiger partial charge in [-0.1, -0.05) is 6.92 Å². The highest BCUT2D eigenvalue weighted by atomic mass is 16.1. The van der Waals surface area contributed by atoms with E-state index in [9.17, 15) is 4.79 Å². The summed E-state index contributed by atoms with van der Waals surface area (Å²) in [6.07, 6.45) is 4.82. The van der Waals surface area contributed by atoms with Crippen molar-refractivity contribution < 1.29 is 4.79 Å². The van der Waals surface area contributed by atoms with E-state index >= 15 is 0 Å². The van der Waals surface area contributed by atoms with Crippen LogP contribution >= 0.6 is 0 Å². The molecule has 0 amide bonds. The summed E-state index contributed by atoms with van der Waals surface area (Å²) in [5.41, 5.74) is 3.15. The molecule has 0 spiro atoms. The molecule has 0 radical (unpaired) electrons. The number of piperidine rings is 1. The summed E-state index contributed by atoms with van der Waals surface area (Å²) in [5, 5.41) is 0. The number of hydrogen-bond acceptors (Lipinski definition) is 2. The molecule has 1 aliphatic rings. The predicted molar refractivity (Wildman–Crippen MR) is 78.7 cm³/mol. The van der Waals surface area contributed by atoms with Crippen molar-refractivity contribution in [3.8, 4) is 0 Å². The van der Waals surface area contributed by atoms with Crippen molar-refractivity contribution in [1.82, 2.24) is 9.47 Å². The van der Waals surface area contributed by atoms with Gasteiger partial charge in [0.05, 0.1) is 0 Å². The maximum absolute atomic E-state index is 10.9. The van der Waals surface area contributed by atoms with Crippen molar-refractivity contribution in [2.45, 2.75) is 46.6 Å². The van der Waals surface area contributed by atoms with Gasteiger partial charge in [-0.05, 0) is 64.7 Å². The van der Waals surface area contributed by atoms with Crippen LogP contribution in [0.1, 0.15) is 47.9 Å². The van der Waals surface area contributed by atoms with Gasteiger partial charge >= 0.3 is 0 Å². The zero-order chi connectivity index (χ0) is 13.8. The first-order valence-corrected chi connectivity index (χ1v) is 7.46. The van der Waals surface area contributed by atoms with Crippen molar-refractivity contribution in [2.24, 2.45) is 5.92 Å². The lowest BCUT2D eigenvalue weighted by molar-refractivity contribution is 0.112. The Morgan fingerprint density at radius 2 is 1.95 bits per heavy atom. The minimum Gasteiger partial charge on any atom is -0.348 e. The molecule has 2 heterocycles. The summed E-state index contributed by atoms with van der Waals surface area (Å²) in [6.45, 7) is 11.2. The highest BCUT2D eigenvalue weighted by Gasteiger charge is 2.15. The van der Waals surface area contributed by atoms with Gasteiger partial charge in [-0.25, -0.2) is 0 Å². The number of carbonyl (C=O) groups is 1. The fourth-order valence-corrected chi connectivity index (χ4v) is 3.03. The molecule has 2 rings (SSSR count). The third-order valence-corrected chi connectivity index (χ3v) is 4.47. The highest BCUT2D eigenvalue weighted by molar-refractivity contribution is 5.77. The quantitative estimate of drug-likeness (QED) is 0.762. The SMILES string of the molecule is Cc1cc(C=O)c(C)n1CCCN1CCC(C)CC1. The van der Waals surface area contributed by atoms with Gasteiger partial charge < -0.3 is 9.47 Å². The van der Waals surface area contributed by atoms with Crippen LogP contribution in [0.5, 0.6) is 0 Å². The van der Waals surface area contributed by atoms with Crippen LogP contribution in [0.4, 0.5) is 0 Å². The van der Waals surface area contributed by atoms with Crippen LogP contribution in [-0.4, -0.2) is 35.4 Å². The first-order valence-electron chi connectivity index (χ1n) is 7.46. The fourth-order valence-electron chi connectivity index (χ4n) is 3.03. The zero-order valence-corrected chi connectivity index (χ0v) is 12.5. The number of aromatic nitrogens is 1. The van der Waals surface area contributed by atoms with Crippen LogP contribution in [0.15, 0.2) is 6.07 Å². The molecule has 0 unspecified atom stereocenters. The van der Waals surface area contributed by atoms with Crippen molar-refractivity contribution in [3.63, 3.8) is 0 Å². The van der Waals surface area contributed by atoms with Gasteiger partial charge in [0, 0.05) is 23.5 Å². The van der Waals surface area contributed by atoms with Gasteiger partial charge in [-0.15, -0.1) is 0 Å². The van der Waals surface area contributed by atoms with E-state index in [1.807, 2.05) is 13.0 Å². The van der Waals surface area contributed by atoms with Crippen LogP contribution in [0, 0.1) is 19.8 Å². The van der Waals surface area contributed by atoms with Crippen LogP contribution < -0.4 is 0 Å². The van der Waals surface area contributed by atoms with E-state index in [-0.39, 0.29) is 0 Å². The summed E-state index contributed by atoms with van der Waals surface area (Å²) in [7, 11) is 0. The first kappa shape index (κ1) is 14.3. The van der Waals surface area contributed by atoms with Crippen LogP contribution in [-0.2, 0) is 6.54 Å². The normalized spacial score (nSPS) is 17.8. The van der Waals surface area contributed by atoms with Gasteiger partial charge in [-0.2, -0.15) is 0 Å². The van der Waals surface area contributed by atoms with Gasteiger partial charge in [0.15, 0.2) is 6.29 Å². The van der Waals surface area contributed by atoms with E-state index in [2.05, 4.69) is 23.3 Å². The maximum Gasteiger partial charge on any atom is 0.151 e. The summed E-state index contributed by atoms with van der Waals surface area (Å²) in [4.78, 5) is 13.5. The smallest absolute Gasteiger partial charge is 0.151 e. The molecule has 106 valence electrons. The number of likely N-dealkylation sites (tertiary alicyclic amines) is 1. The highest BCUT2D eigenvalue weighted by Crippen LogP contribution is 2.17. The molecule has 0 aromatic carbocycles. The second kappa shape index (κ2) is 6.38. The number of carbonyl (C=O) groups excluding carboxylic acids is 1. The monoisotopic (exact) mass is 262 g/mol. The molecule has 1 aromatic rings. The van der Waals surface area contributed by atoms with E-state index in [1.54, 1.807) is 0 Å². The lowest BCUT2D eigenvalue weighted by Crippen LogP contribution is -2.34. The van der Waals surface area contributed by atoms with Crippen LogP contribution in [0.25, 0.3) is 0 Å². The van der Waals surface area contributed by atoms with Crippen molar-refractivity contribution >= 4 is 6.29 Å². The molecule has 0 saturated carbocycles. The third kappa shape index (κ3) is 3.47. The average molecular weight is 262 g/mol. The minimum atomic E-state index is 0.837. The summed E-state index contributed by atoms with van der Waals surface area (Å²) in [6, 6.07) is 1.99. The standard InChI is InChI=1S/C16H26N2O/c1-13-5-9-17(10-6-13)7-4-8-18-14(2)11-16(12-19)15(18)3/h11-13H,4-10H2,1-3H3. The molecule has 1 aliphatic heterocycles. The molecule has 0 aliphatic carbocycles. The third-order valence-electron chi connectivity index (χ3n) is 4.47. The maximum atomic E-state index is 10.9. The molecular weight excluding hydrogens is 236 g/mol. The second-order valence-corrected chi connectivity index (χ2v) is 5.97. The summed E-state index contributed by atoms with van der Waals surface area (Å²) in [5.74, 6) is 0.903. The lowest BCUT2D eigenvalue weighted by Gasteiger charge is -2.30. The Morgan fingerprint density at radius 3 is 2.53 bits per heavy atom. The Bertz CT molecular complexity index is 428. The molecule has 1 saturated heterocycles. The van der Waals surface area contributed by atoms with Gasteiger partial charge in [0.1, 0.15) is 0 Å². The van der Waals surface area contributed by atoms with Crippen molar-refractivity contribution in [3.05, 3.63) is 23.0 Å². The van der Waals surface area contributed by atoms with E-state index in [0.29, 0.717) is 0 Å². The molecule has 1 aromatic heterocycles. The van der Waals surface area contributed by atoms with E-state index in [0.717, 1.165) is 30.0 Å². The number of nitrogens with zero attached hydrogens (tertiary/aromatic N) is 2. The van der Waals surface area contributed by atoms with E-state index in [4.69, 9.17) is 0 Å². The van der Waals surface area contributed by atoms with Crippen LogP contribution in [0.3, 0.4) is 0 Å². The predicted octanol–water partition coefficient (Wildman–Crippen LogP) is 3.04. The van der Waals surface area contributed by atoms with Crippen molar-refractivity contribution in [2.75, 3.05) is 19.6 Å². The van der Waals surface area contributed by atoms with Crippen molar-refractivity contribution in [1.29, 1.82) is 0 Å². The number of rotatable bonds is 5. The Morgan fingerprint density at radius 1 is 1.26 bits per heavy atom. The first-order chi connectivity index (χ1) is 9.11. The largest absolute Gasteiger partial charge is 0.348 e. The van der Waals surface area contributed by atoms with Crippen LogP contribution in [0.2, 0.25) is 0 Å². The van der Waals surface area contributed by atoms with Gasteiger partial charge in [0.2, 0.25) is 0 Å². The number of aldehydes is 1. The topological polar surface area (TPSA) is 25.2 Å². The average Bonchev–Trinajstić information content (AvgIpc) is 2.68. The van der Waals surface area contributed by atoms with Gasteiger partial charge in [-0.3, -0.25) is 4.79 Å². The van der Waals surface area contributed by atoms with Gasteiger partial charge in [0.25, 0.3) is 0 Å². The Labute approximate surface area is 116 Å². The molecule has 0 bridgehead atoms. The minimum absolute atomic E-state index is 0.837. The molecule has 0 N–H and O–H groups in total. The Kier molecular flexibility index (Phi) is 4.81. The lowest BCUT2D eigenvalue weighted by atomic mass is 9.99. The molecule has 3 nitrogen and oxygen atoms in total. The second-order valence-electron chi connectivity index (χ2n) is 5.97. The number of hydrogen-bond donors (Lipinski definition) is 0. The molecule has 0 atom stereocenters. The Hall–Kier alpha value is -1.09. The van der Waals surface area contributed by atoms with E-state index < -0.39 is 0 Å². The van der Waals surface area contributed by atoms with E-state index in [1.165, 1.54) is 44.6 Å². The Balaban J connectivity index is 1.82. The summed E-state index contributed by atoms with van der Waals surface area (Å²) < 4.78 is 2.27. The molecule has 1 fully saturated rings. The number of aryl methyl sites for hydroxylation is 1. The molecule has 3 heteroatoms.